The van der Waals surface area contributed by atoms with Gasteiger partial charge in [-0.1, -0.05) is 50.2 Å². The number of amides is 4. The Balaban J connectivity index is 1.27. The zero-order valence-corrected chi connectivity index (χ0v) is 37.4. The number of benzene rings is 3. The van der Waals surface area contributed by atoms with E-state index in [0.717, 1.165) is 68.1 Å². The van der Waals surface area contributed by atoms with Crippen molar-refractivity contribution in [3.05, 3.63) is 118 Å². The van der Waals surface area contributed by atoms with Crippen molar-refractivity contribution in [3.63, 3.8) is 0 Å². The third kappa shape index (κ3) is 14.7. The van der Waals surface area contributed by atoms with Crippen molar-refractivity contribution in [2.24, 2.45) is 0 Å². The molecular formula is C47H59N7O8S. The van der Waals surface area contributed by atoms with Crippen molar-refractivity contribution in [1.29, 1.82) is 0 Å². The smallest absolute Gasteiger partial charge is 0.303 e. The summed E-state index contributed by atoms with van der Waals surface area (Å²) in [6.07, 6.45) is 6.98. The number of carboxylic acids is 1. The van der Waals surface area contributed by atoms with Crippen molar-refractivity contribution < 1.29 is 37.5 Å². The second-order valence-electron chi connectivity index (χ2n) is 16.0. The van der Waals surface area contributed by atoms with Crippen LogP contribution in [0, 0.1) is 0 Å². The molecule has 5 rings (SSSR count). The molecule has 0 saturated carbocycles. The molecule has 1 saturated heterocycles. The number of sulfonamides is 1. The van der Waals surface area contributed by atoms with Gasteiger partial charge in [0.1, 0.15) is 5.82 Å². The second kappa shape index (κ2) is 22.8. The van der Waals surface area contributed by atoms with E-state index in [1.54, 1.807) is 48.3 Å². The Morgan fingerprint density at radius 2 is 1.40 bits per heavy atom. The Hall–Kier alpha value is -6.13. The van der Waals surface area contributed by atoms with Crippen LogP contribution in [0.5, 0.6) is 0 Å². The number of likely N-dealkylation sites (N-methyl/N-ethyl adjacent to an activating group) is 1. The molecule has 2 heterocycles. The minimum absolute atomic E-state index is 0.0513. The zero-order chi connectivity index (χ0) is 45.5. The molecule has 4 amide bonds. The van der Waals surface area contributed by atoms with E-state index in [9.17, 15) is 32.4 Å². The van der Waals surface area contributed by atoms with E-state index in [1.165, 1.54) is 0 Å². The monoisotopic (exact) mass is 881 g/mol. The van der Waals surface area contributed by atoms with Crippen LogP contribution in [0.2, 0.25) is 0 Å². The van der Waals surface area contributed by atoms with Gasteiger partial charge in [-0.3, -0.25) is 28.9 Å². The maximum atomic E-state index is 14.0. The predicted octanol–water partition coefficient (Wildman–Crippen LogP) is 6.36. The summed E-state index contributed by atoms with van der Waals surface area (Å²) in [6.45, 7) is 7.41. The summed E-state index contributed by atoms with van der Waals surface area (Å²) in [5, 5.41) is 14.9. The molecule has 15 nitrogen and oxygen atoms in total. The lowest BCUT2D eigenvalue weighted by molar-refractivity contribution is -0.140. The van der Waals surface area contributed by atoms with Gasteiger partial charge in [-0.15, -0.1) is 0 Å². The Kier molecular flexibility index (Phi) is 17.3. The third-order valence-corrected chi connectivity index (χ3v) is 11.7. The van der Waals surface area contributed by atoms with E-state index in [-0.39, 0.29) is 41.7 Å². The van der Waals surface area contributed by atoms with E-state index in [1.807, 2.05) is 53.3 Å². The Labute approximate surface area is 370 Å². The molecule has 1 aromatic heterocycles. The average Bonchev–Trinajstić information content (AvgIpc) is 3.27. The minimum Gasteiger partial charge on any atom is -0.481 e. The zero-order valence-electron chi connectivity index (χ0n) is 36.6. The van der Waals surface area contributed by atoms with E-state index in [0.29, 0.717) is 49.5 Å². The number of piperidine rings is 1. The van der Waals surface area contributed by atoms with Gasteiger partial charge >= 0.3 is 5.97 Å². The first-order chi connectivity index (χ1) is 30.1. The molecule has 0 atom stereocenters. The number of aryl methyl sites for hydroxylation is 2. The molecule has 0 aliphatic carbocycles. The lowest BCUT2D eigenvalue weighted by atomic mass is 10.0. The fourth-order valence-corrected chi connectivity index (χ4v) is 8.00. The van der Waals surface area contributed by atoms with Gasteiger partial charge in [-0.2, -0.15) is 0 Å². The van der Waals surface area contributed by atoms with Crippen molar-refractivity contribution in [1.82, 2.24) is 19.5 Å². The summed E-state index contributed by atoms with van der Waals surface area (Å²) in [7, 11) is -1.98. The largest absolute Gasteiger partial charge is 0.481 e. The van der Waals surface area contributed by atoms with Gasteiger partial charge in [0, 0.05) is 69.0 Å². The van der Waals surface area contributed by atoms with Crippen LogP contribution in [0.15, 0.2) is 84.9 Å². The summed E-state index contributed by atoms with van der Waals surface area (Å²) in [6, 6.07) is 25.3. The standard InChI is InChI=1S/C47H59N7O8S/c1-5-39(6-2)54(30-29-52(3)42(55)25-26-43(56)57)32-35-11-10-12-37(31-35)45(58)49-40-23-24-41(53-27-8-7-9-28-53)50-44(40)47(60)48-38-21-17-34(18-22-38)14-13-33-15-19-36(20-16-33)46(59)51-63(4,61)62/h10-12,15-24,31,39H,5-9,13-14,25-30,32H2,1-4H3,(H,48,60)(H,49,58)(H,51,59)(H,56,57). The van der Waals surface area contributed by atoms with Gasteiger partial charge < -0.3 is 25.5 Å². The van der Waals surface area contributed by atoms with Gasteiger partial charge in [0.05, 0.1) is 18.4 Å². The van der Waals surface area contributed by atoms with Crippen LogP contribution in [-0.4, -0.2) is 103 Å². The normalized spacial score (nSPS) is 12.8. The number of nitrogens with one attached hydrogen (secondary N) is 3. The molecule has 0 spiro atoms. The number of hydrogen-bond donors (Lipinski definition) is 4. The molecule has 0 bridgehead atoms. The molecule has 4 N–H and O–H groups in total. The molecule has 0 radical (unpaired) electrons. The number of aromatic nitrogens is 1. The van der Waals surface area contributed by atoms with Crippen LogP contribution in [-0.2, 0) is 39.0 Å². The molecular weight excluding hydrogens is 823 g/mol. The summed E-state index contributed by atoms with van der Waals surface area (Å²) in [5.74, 6) is -2.12. The van der Waals surface area contributed by atoms with Gasteiger partial charge in [0.25, 0.3) is 17.7 Å². The van der Waals surface area contributed by atoms with Crippen LogP contribution in [0.25, 0.3) is 0 Å². The first-order valence-corrected chi connectivity index (χ1v) is 23.4. The summed E-state index contributed by atoms with van der Waals surface area (Å²) in [5.41, 5.74) is 4.47. The van der Waals surface area contributed by atoms with Crippen LogP contribution in [0.4, 0.5) is 17.2 Å². The highest BCUT2D eigenvalue weighted by atomic mass is 32.2. The lowest BCUT2D eigenvalue weighted by Crippen LogP contribution is -2.41. The van der Waals surface area contributed by atoms with Gasteiger partial charge in [0.15, 0.2) is 5.69 Å². The molecule has 336 valence electrons. The maximum absolute atomic E-state index is 14.0. The first kappa shape index (κ1) is 47.9. The fraction of sp³-hybridized carbons (Fsp3) is 0.404. The lowest BCUT2D eigenvalue weighted by Gasteiger charge is -2.32. The number of anilines is 3. The quantitative estimate of drug-likeness (QED) is 0.0726. The third-order valence-electron chi connectivity index (χ3n) is 11.2. The number of hydrogen-bond acceptors (Lipinski definition) is 10. The molecule has 1 fully saturated rings. The number of carbonyl (C=O) groups is 5. The number of aliphatic carboxylic acids is 1. The van der Waals surface area contributed by atoms with Gasteiger partial charge in [-0.05, 0) is 110 Å². The fourth-order valence-electron chi connectivity index (χ4n) is 7.55. The summed E-state index contributed by atoms with van der Waals surface area (Å²) < 4.78 is 24.8. The molecule has 0 unspecified atom stereocenters. The van der Waals surface area contributed by atoms with Gasteiger partial charge in [-0.25, -0.2) is 18.1 Å². The SMILES string of the molecule is CCC(CC)N(CCN(C)C(=O)CCC(=O)O)Cc1cccc(C(=O)Nc2ccc(N3CCCCC3)nc2C(=O)Nc2ccc(CCc3ccc(C(=O)NS(C)(=O)=O)cc3)cc2)c1. The van der Waals surface area contributed by atoms with E-state index in [2.05, 4.69) is 34.3 Å². The number of rotatable bonds is 21. The first-order valence-electron chi connectivity index (χ1n) is 21.5. The van der Waals surface area contributed by atoms with Crippen LogP contribution >= 0.6 is 0 Å². The molecule has 1 aliphatic heterocycles. The van der Waals surface area contributed by atoms with Gasteiger partial charge in [0.2, 0.25) is 15.9 Å². The van der Waals surface area contributed by atoms with Crippen molar-refractivity contribution in [2.75, 3.05) is 55.0 Å². The Morgan fingerprint density at radius 1 is 0.746 bits per heavy atom. The van der Waals surface area contributed by atoms with E-state index < -0.39 is 33.7 Å². The van der Waals surface area contributed by atoms with Crippen molar-refractivity contribution in [2.45, 2.75) is 84.2 Å². The average molecular weight is 882 g/mol. The van der Waals surface area contributed by atoms with Crippen molar-refractivity contribution >= 4 is 56.8 Å². The topological polar surface area (TPSA) is 198 Å². The van der Waals surface area contributed by atoms with E-state index >= 15 is 0 Å². The van der Waals surface area contributed by atoms with E-state index in [4.69, 9.17) is 10.1 Å². The van der Waals surface area contributed by atoms with Crippen molar-refractivity contribution in [3.8, 4) is 0 Å². The maximum Gasteiger partial charge on any atom is 0.303 e. The molecule has 63 heavy (non-hydrogen) atoms. The Morgan fingerprint density at radius 3 is 2.02 bits per heavy atom. The number of nitrogens with zero attached hydrogens (tertiary/aromatic N) is 4. The summed E-state index contributed by atoms with van der Waals surface area (Å²) >= 11 is 0. The molecule has 3 aromatic carbocycles. The van der Waals surface area contributed by atoms with Crippen LogP contribution in [0.1, 0.15) is 107 Å². The number of carbonyl (C=O) groups excluding carboxylic acids is 4. The molecule has 1 aliphatic rings. The second-order valence-corrected chi connectivity index (χ2v) is 17.7. The molecule has 4 aromatic rings. The highest BCUT2D eigenvalue weighted by Crippen LogP contribution is 2.25. The van der Waals surface area contributed by atoms with Crippen LogP contribution < -0.4 is 20.3 Å². The highest BCUT2D eigenvalue weighted by molar-refractivity contribution is 7.89. The Bertz CT molecular complexity index is 2330. The number of pyridine rings is 1. The summed E-state index contributed by atoms with van der Waals surface area (Å²) in [4.78, 5) is 74.3. The van der Waals surface area contributed by atoms with Crippen LogP contribution in [0.3, 0.4) is 0 Å². The molecule has 16 heteroatoms. The predicted molar refractivity (Wildman–Crippen MR) is 245 cm³/mol. The highest BCUT2D eigenvalue weighted by Gasteiger charge is 2.22. The minimum atomic E-state index is -3.66. The number of carboxylic acid groups (broad SMARTS) is 1.